The quantitative estimate of drug-likeness (QED) is 0.923. The summed E-state index contributed by atoms with van der Waals surface area (Å²) in [6.45, 7) is 5.69. The monoisotopic (exact) mass is 330 g/mol. The van der Waals surface area contributed by atoms with Gasteiger partial charge in [-0.2, -0.15) is 5.10 Å². The molecule has 19 heavy (non-hydrogen) atoms. The molecule has 0 aromatic carbocycles. The number of halogens is 1. The second-order valence-electron chi connectivity index (χ2n) is 5.94. The maximum atomic E-state index is 11.1. The third kappa shape index (κ3) is 3.20. The van der Waals surface area contributed by atoms with Crippen LogP contribution in [-0.2, 0) is 16.9 Å². The number of aliphatic hydroxyl groups is 1. The molecule has 2 unspecified atom stereocenters. The molecular formula is C14H23BrN2O2. The van der Waals surface area contributed by atoms with E-state index in [-0.39, 0.29) is 0 Å². The molecule has 2 atom stereocenters. The molecule has 1 aromatic heterocycles. The van der Waals surface area contributed by atoms with E-state index in [1.54, 1.807) is 13.3 Å². The zero-order valence-electron chi connectivity index (χ0n) is 11.9. The fraction of sp³-hybridized carbons (Fsp3) is 0.786. The summed E-state index contributed by atoms with van der Waals surface area (Å²) in [5.41, 5.74) is 0.128. The lowest BCUT2D eigenvalue weighted by Gasteiger charge is -2.39. The van der Waals surface area contributed by atoms with Crippen molar-refractivity contribution in [1.29, 1.82) is 0 Å². The molecule has 0 spiro atoms. The first kappa shape index (κ1) is 15.0. The first-order valence-electron chi connectivity index (χ1n) is 6.89. The van der Waals surface area contributed by atoms with Gasteiger partial charge < -0.3 is 9.84 Å². The van der Waals surface area contributed by atoms with E-state index in [4.69, 9.17) is 4.74 Å². The van der Waals surface area contributed by atoms with Crippen molar-refractivity contribution >= 4 is 15.9 Å². The van der Waals surface area contributed by atoms with E-state index in [1.807, 2.05) is 4.68 Å². The van der Waals surface area contributed by atoms with E-state index in [0.29, 0.717) is 25.0 Å². The fourth-order valence-electron chi connectivity index (χ4n) is 3.46. The van der Waals surface area contributed by atoms with Gasteiger partial charge in [-0.1, -0.05) is 13.8 Å². The summed E-state index contributed by atoms with van der Waals surface area (Å²) >= 11 is 3.54. The number of methoxy groups -OCH3 is 1. The van der Waals surface area contributed by atoms with Crippen molar-refractivity contribution in [2.45, 2.75) is 45.3 Å². The Hall–Kier alpha value is -0.390. The van der Waals surface area contributed by atoms with Crippen LogP contribution in [0, 0.1) is 11.8 Å². The van der Waals surface area contributed by atoms with Gasteiger partial charge in [0, 0.05) is 7.11 Å². The standard InChI is InChI=1S/C14H23BrN2O2/c1-10-6-11(2)8-14(18,7-10)13-12(15)9-16-17(13)4-5-19-3/h9-11,18H,4-8H2,1-3H3. The van der Waals surface area contributed by atoms with E-state index in [1.165, 1.54) is 6.42 Å². The third-order valence-corrected chi connectivity index (χ3v) is 4.50. The lowest BCUT2D eigenvalue weighted by Crippen LogP contribution is -2.38. The SMILES string of the molecule is COCCn1ncc(Br)c1C1(O)CC(C)CC(C)C1. The van der Waals surface area contributed by atoms with Gasteiger partial charge in [0.05, 0.1) is 29.5 Å². The van der Waals surface area contributed by atoms with Crippen LogP contribution in [-0.4, -0.2) is 28.6 Å². The molecule has 0 radical (unpaired) electrons. The number of aromatic nitrogens is 2. The van der Waals surface area contributed by atoms with Crippen LogP contribution < -0.4 is 0 Å². The van der Waals surface area contributed by atoms with Crippen molar-refractivity contribution in [2.75, 3.05) is 13.7 Å². The lowest BCUT2D eigenvalue weighted by atomic mass is 9.72. The number of hydrogen-bond acceptors (Lipinski definition) is 3. The summed E-state index contributed by atoms with van der Waals surface area (Å²) in [5.74, 6) is 1.07. The van der Waals surface area contributed by atoms with Crippen LogP contribution >= 0.6 is 15.9 Å². The first-order chi connectivity index (χ1) is 8.96. The van der Waals surface area contributed by atoms with Gasteiger partial charge >= 0.3 is 0 Å². The lowest BCUT2D eigenvalue weighted by molar-refractivity contribution is -0.0443. The van der Waals surface area contributed by atoms with Crippen LogP contribution in [0.3, 0.4) is 0 Å². The maximum absolute atomic E-state index is 11.1. The minimum Gasteiger partial charge on any atom is -0.384 e. The summed E-state index contributed by atoms with van der Waals surface area (Å²) in [4.78, 5) is 0. The summed E-state index contributed by atoms with van der Waals surface area (Å²) in [5, 5.41) is 15.5. The molecule has 1 saturated carbocycles. The second-order valence-corrected chi connectivity index (χ2v) is 6.80. The van der Waals surface area contributed by atoms with Crippen molar-refractivity contribution < 1.29 is 9.84 Å². The predicted octanol–water partition coefficient (Wildman–Crippen LogP) is 2.94. The van der Waals surface area contributed by atoms with Gasteiger partial charge in [0.1, 0.15) is 5.60 Å². The van der Waals surface area contributed by atoms with Crippen LogP contribution in [0.2, 0.25) is 0 Å². The minimum atomic E-state index is -0.778. The molecule has 1 fully saturated rings. The van der Waals surface area contributed by atoms with Crippen LogP contribution in [0.25, 0.3) is 0 Å². The molecule has 2 rings (SSSR count). The molecule has 1 aromatic rings. The molecule has 0 saturated heterocycles. The van der Waals surface area contributed by atoms with E-state index in [2.05, 4.69) is 34.9 Å². The smallest absolute Gasteiger partial charge is 0.108 e. The van der Waals surface area contributed by atoms with Gasteiger partial charge in [-0.25, -0.2) is 0 Å². The third-order valence-electron chi connectivity index (χ3n) is 3.92. The van der Waals surface area contributed by atoms with Crippen LogP contribution in [0.5, 0.6) is 0 Å². The summed E-state index contributed by atoms with van der Waals surface area (Å²) in [6.07, 6.45) is 4.56. The van der Waals surface area contributed by atoms with Crippen LogP contribution in [0.15, 0.2) is 10.7 Å². The molecule has 1 aliphatic carbocycles. The Morgan fingerprint density at radius 1 is 1.47 bits per heavy atom. The van der Waals surface area contributed by atoms with Crippen molar-refractivity contribution in [1.82, 2.24) is 9.78 Å². The van der Waals surface area contributed by atoms with Crippen molar-refractivity contribution in [3.8, 4) is 0 Å². The molecule has 0 amide bonds. The van der Waals surface area contributed by atoms with E-state index < -0.39 is 5.60 Å². The Balaban J connectivity index is 2.30. The zero-order valence-corrected chi connectivity index (χ0v) is 13.5. The Morgan fingerprint density at radius 3 is 2.68 bits per heavy atom. The zero-order chi connectivity index (χ0) is 14.0. The first-order valence-corrected chi connectivity index (χ1v) is 7.68. The fourth-order valence-corrected chi connectivity index (χ4v) is 4.12. The van der Waals surface area contributed by atoms with Gasteiger partial charge in [-0.05, 0) is 47.0 Å². The van der Waals surface area contributed by atoms with Gasteiger partial charge in [0.15, 0.2) is 0 Å². The summed E-state index contributed by atoms with van der Waals surface area (Å²) in [6, 6.07) is 0. The van der Waals surface area contributed by atoms with Crippen molar-refractivity contribution in [3.05, 3.63) is 16.4 Å². The molecule has 5 heteroatoms. The second kappa shape index (κ2) is 5.94. The predicted molar refractivity (Wildman–Crippen MR) is 77.9 cm³/mol. The summed E-state index contributed by atoms with van der Waals surface area (Å²) < 4.78 is 7.88. The molecule has 1 N–H and O–H groups in total. The average Bonchev–Trinajstić information content (AvgIpc) is 2.66. The number of ether oxygens (including phenoxy) is 1. The van der Waals surface area contributed by atoms with Crippen LogP contribution in [0.4, 0.5) is 0 Å². The Morgan fingerprint density at radius 2 is 2.11 bits per heavy atom. The van der Waals surface area contributed by atoms with Gasteiger partial charge in [-0.15, -0.1) is 0 Å². The molecule has 108 valence electrons. The van der Waals surface area contributed by atoms with Gasteiger partial charge in [0.25, 0.3) is 0 Å². The molecule has 0 aliphatic heterocycles. The van der Waals surface area contributed by atoms with Crippen LogP contribution in [0.1, 0.15) is 38.8 Å². The Kier molecular flexibility index (Phi) is 4.69. The maximum Gasteiger partial charge on any atom is 0.108 e. The highest BCUT2D eigenvalue weighted by atomic mass is 79.9. The highest BCUT2D eigenvalue weighted by molar-refractivity contribution is 9.10. The Bertz CT molecular complexity index is 423. The van der Waals surface area contributed by atoms with Gasteiger partial charge in [0.2, 0.25) is 0 Å². The number of nitrogens with zero attached hydrogens (tertiary/aromatic N) is 2. The molecule has 1 aliphatic rings. The molecular weight excluding hydrogens is 308 g/mol. The average molecular weight is 331 g/mol. The minimum absolute atomic E-state index is 0.534. The highest BCUT2D eigenvalue weighted by Gasteiger charge is 2.41. The van der Waals surface area contributed by atoms with E-state index in [0.717, 1.165) is 23.0 Å². The van der Waals surface area contributed by atoms with E-state index in [9.17, 15) is 5.11 Å². The Labute approximate surface area is 123 Å². The summed E-state index contributed by atoms with van der Waals surface area (Å²) in [7, 11) is 1.68. The largest absolute Gasteiger partial charge is 0.384 e. The topological polar surface area (TPSA) is 47.3 Å². The number of rotatable bonds is 4. The number of hydrogen-bond donors (Lipinski definition) is 1. The van der Waals surface area contributed by atoms with Crippen molar-refractivity contribution in [2.24, 2.45) is 11.8 Å². The normalized spacial score (nSPS) is 31.6. The van der Waals surface area contributed by atoms with E-state index >= 15 is 0 Å². The van der Waals surface area contributed by atoms with Gasteiger partial charge in [-0.3, -0.25) is 4.68 Å². The molecule has 4 nitrogen and oxygen atoms in total. The molecule has 0 bridgehead atoms. The molecule has 1 heterocycles. The highest BCUT2D eigenvalue weighted by Crippen LogP contribution is 2.44. The van der Waals surface area contributed by atoms with Crippen molar-refractivity contribution in [3.63, 3.8) is 0 Å².